The van der Waals surface area contributed by atoms with Crippen LogP contribution < -0.4 is 0 Å². The Bertz CT molecular complexity index is 397. The lowest BCUT2D eigenvalue weighted by atomic mass is 9.84. The highest BCUT2D eigenvalue weighted by Crippen LogP contribution is 2.29. The van der Waals surface area contributed by atoms with Crippen molar-refractivity contribution in [2.24, 2.45) is 17.8 Å². The van der Waals surface area contributed by atoms with Crippen LogP contribution in [-0.2, 0) is 9.53 Å². The fraction of sp³-hybridized carbons (Fsp3) is 0.762. The lowest BCUT2D eigenvalue weighted by molar-refractivity contribution is -0.122. The fourth-order valence-corrected chi connectivity index (χ4v) is 3.69. The molecular formula is C21H36O2. The van der Waals surface area contributed by atoms with E-state index in [0.717, 1.165) is 19.3 Å². The molecule has 0 radical (unpaired) electrons. The standard InChI is InChI=1S/C21H36O2/c1-6-8-18(4)21(22)12-11-16(2)13-17(3)14-19-9-7-10-20(15-19)23-5/h6,14,16,18-20H,1,7-13,15H2,2-5H3/b17-14+/t16-,18+,19+,20+/m1/s1. The molecule has 1 saturated carbocycles. The van der Waals surface area contributed by atoms with Gasteiger partial charge in [-0.3, -0.25) is 4.79 Å². The third-order valence-electron chi connectivity index (χ3n) is 5.14. The van der Waals surface area contributed by atoms with Gasteiger partial charge in [-0.25, -0.2) is 0 Å². The van der Waals surface area contributed by atoms with Gasteiger partial charge in [-0.05, 0) is 57.3 Å². The van der Waals surface area contributed by atoms with Crippen LogP contribution in [0.25, 0.3) is 0 Å². The first kappa shape index (κ1) is 20.2. The van der Waals surface area contributed by atoms with Gasteiger partial charge in [0.05, 0.1) is 6.10 Å². The molecule has 0 aromatic rings. The maximum atomic E-state index is 12.0. The Labute approximate surface area is 143 Å². The van der Waals surface area contributed by atoms with Gasteiger partial charge >= 0.3 is 0 Å². The summed E-state index contributed by atoms with van der Waals surface area (Å²) < 4.78 is 5.52. The molecule has 0 spiro atoms. The van der Waals surface area contributed by atoms with Crippen LogP contribution in [-0.4, -0.2) is 19.0 Å². The highest BCUT2D eigenvalue weighted by Gasteiger charge is 2.20. The Morgan fingerprint density at radius 3 is 2.74 bits per heavy atom. The number of hydrogen-bond acceptors (Lipinski definition) is 2. The van der Waals surface area contributed by atoms with Gasteiger partial charge in [-0.15, -0.1) is 6.58 Å². The number of Topliss-reactive ketones (excluding diaryl/α,β-unsaturated/α-hetero) is 1. The largest absolute Gasteiger partial charge is 0.381 e. The molecule has 2 heteroatoms. The summed E-state index contributed by atoms with van der Waals surface area (Å²) in [6.45, 7) is 10.2. The minimum Gasteiger partial charge on any atom is -0.381 e. The van der Waals surface area contributed by atoms with Crippen LogP contribution >= 0.6 is 0 Å². The van der Waals surface area contributed by atoms with Gasteiger partial charge < -0.3 is 4.74 Å². The van der Waals surface area contributed by atoms with Gasteiger partial charge in [0.1, 0.15) is 5.78 Å². The molecule has 0 bridgehead atoms. The van der Waals surface area contributed by atoms with E-state index in [1.54, 1.807) is 0 Å². The van der Waals surface area contributed by atoms with Crippen LogP contribution in [0, 0.1) is 17.8 Å². The lowest BCUT2D eigenvalue weighted by Gasteiger charge is -2.27. The number of methoxy groups -OCH3 is 1. The first-order valence-corrected chi connectivity index (χ1v) is 9.29. The third-order valence-corrected chi connectivity index (χ3v) is 5.14. The van der Waals surface area contributed by atoms with Crippen molar-refractivity contribution < 1.29 is 9.53 Å². The van der Waals surface area contributed by atoms with Crippen molar-refractivity contribution in [3.8, 4) is 0 Å². The van der Waals surface area contributed by atoms with E-state index in [9.17, 15) is 4.79 Å². The zero-order valence-electron chi connectivity index (χ0n) is 15.6. The average molecular weight is 321 g/mol. The molecule has 0 N–H and O–H groups in total. The van der Waals surface area contributed by atoms with Crippen molar-refractivity contribution in [2.75, 3.05) is 7.11 Å². The van der Waals surface area contributed by atoms with Gasteiger partial charge in [0.2, 0.25) is 0 Å². The monoisotopic (exact) mass is 320 g/mol. The first-order chi connectivity index (χ1) is 11.0. The van der Waals surface area contributed by atoms with E-state index in [0.29, 0.717) is 30.1 Å². The van der Waals surface area contributed by atoms with Crippen molar-refractivity contribution in [3.05, 3.63) is 24.3 Å². The van der Waals surface area contributed by atoms with E-state index in [4.69, 9.17) is 4.74 Å². The Morgan fingerprint density at radius 2 is 2.09 bits per heavy atom. The summed E-state index contributed by atoms with van der Waals surface area (Å²) in [7, 11) is 1.83. The molecule has 0 heterocycles. The summed E-state index contributed by atoms with van der Waals surface area (Å²) in [4.78, 5) is 12.0. The first-order valence-electron chi connectivity index (χ1n) is 9.29. The van der Waals surface area contributed by atoms with E-state index >= 15 is 0 Å². The Kier molecular flexibility index (Phi) is 9.47. The predicted octanol–water partition coefficient (Wildman–Crippen LogP) is 5.73. The number of carbonyl (C=O) groups is 1. The molecule has 0 amide bonds. The third kappa shape index (κ3) is 7.97. The van der Waals surface area contributed by atoms with Crippen LogP contribution in [0.1, 0.15) is 72.1 Å². The minimum absolute atomic E-state index is 0.129. The van der Waals surface area contributed by atoms with Crippen molar-refractivity contribution >= 4 is 5.78 Å². The van der Waals surface area contributed by atoms with Gasteiger partial charge in [0, 0.05) is 19.4 Å². The second-order valence-electron chi connectivity index (χ2n) is 7.54. The summed E-state index contributed by atoms with van der Waals surface area (Å²) in [6.07, 6.45) is 13.3. The molecule has 0 aromatic heterocycles. The Balaban J connectivity index is 2.35. The topological polar surface area (TPSA) is 26.3 Å². The van der Waals surface area contributed by atoms with E-state index in [2.05, 4.69) is 26.5 Å². The SMILES string of the molecule is C=CC[C@H](C)C(=O)CC[C@@H](C)C/C(C)=C/[C@@H]1CCC[C@H](OC)C1. The van der Waals surface area contributed by atoms with Gasteiger partial charge in [-0.2, -0.15) is 0 Å². The maximum absolute atomic E-state index is 12.0. The summed E-state index contributed by atoms with van der Waals surface area (Å²) in [5.41, 5.74) is 1.48. The second kappa shape index (κ2) is 10.8. The van der Waals surface area contributed by atoms with Crippen molar-refractivity contribution in [1.29, 1.82) is 0 Å². The van der Waals surface area contributed by atoms with Crippen molar-refractivity contribution in [1.82, 2.24) is 0 Å². The molecule has 2 nitrogen and oxygen atoms in total. The van der Waals surface area contributed by atoms with E-state index in [1.165, 1.54) is 31.3 Å². The van der Waals surface area contributed by atoms with Crippen LogP contribution in [0.4, 0.5) is 0 Å². The van der Waals surface area contributed by atoms with E-state index < -0.39 is 0 Å². The molecule has 0 unspecified atom stereocenters. The summed E-state index contributed by atoms with van der Waals surface area (Å²) in [5, 5.41) is 0. The van der Waals surface area contributed by atoms with Crippen LogP contribution in [0.5, 0.6) is 0 Å². The number of allylic oxidation sites excluding steroid dienone is 3. The Hall–Kier alpha value is -0.890. The van der Waals surface area contributed by atoms with Crippen LogP contribution in [0.15, 0.2) is 24.3 Å². The number of ketones is 1. The predicted molar refractivity (Wildman–Crippen MR) is 98.5 cm³/mol. The van der Waals surface area contributed by atoms with Crippen molar-refractivity contribution in [3.63, 3.8) is 0 Å². The number of ether oxygens (including phenoxy) is 1. The van der Waals surface area contributed by atoms with Gasteiger partial charge in [0.25, 0.3) is 0 Å². The molecule has 132 valence electrons. The highest BCUT2D eigenvalue weighted by atomic mass is 16.5. The molecule has 23 heavy (non-hydrogen) atoms. The lowest BCUT2D eigenvalue weighted by Crippen LogP contribution is -2.20. The highest BCUT2D eigenvalue weighted by molar-refractivity contribution is 5.80. The maximum Gasteiger partial charge on any atom is 0.136 e. The molecule has 0 aromatic carbocycles. The molecule has 1 aliphatic carbocycles. The average Bonchev–Trinajstić information content (AvgIpc) is 2.52. The van der Waals surface area contributed by atoms with Gasteiger partial charge in [0.15, 0.2) is 0 Å². The smallest absolute Gasteiger partial charge is 0.136 e. The zero-order chi connectivity index (χ0) is 17.2. The fourth-order valence-electron chi connectivity index (χ4n) is 3.69. The summed E-state index contributed by atoms with van der Waals surface area (Å²) in [5.74, 6) is 1.77. The van der Waals surface area contributed by atoms with Crippen molar-refractivity contribution in [2.45, 2.75) is 78.2 Å². The van der Waals surface area contributed by atoms with Gasteiger partial charge in [-0.1, -0.05) is 38.0 Å². The van der Waals surface area contributed by atoms with Crippen LogP contribution in [0.2, 0.25) is 0 Å². The second-order valence-corrected chi connectivity index (χ2v) is 7.54. The molecule has 4 atom stereocenters. The molecule has 0 saturated heterocycles. The minimum atomic E-state index is 0.129. The normalized spacial score (nSPS) is 25.0. The zero-order valence-corrected chi connectivity index (χ0v) is 15.6. The molecule has 1 aliphatic rings. The van der Waals surface area contributed by atoms with E-state index in [-0.39, 0.29) is 5.92 Å². The molecular weight excluding hydrogens is 284 g/mol. The van der Waals surface area contributed by atoms with Crippen LogP contribution in [0.3, 0.4) is 0 Å². The molecule has 1 fully saturated rings. The van der Waals surface area contributed by atoms with E-state index in [1.807, 2.05) is 20.1 Å². The summed E-state index contributed by atoms with van der Waals surface area (Å²) >= 11 is 0. The quantitative estimate of drug-likeness (QED) is 0.481. The molecule has 0 aliphatic heterocycles. The Morgan fingerprint density at radius 1 is 1.35 bits per heavy atom. The number of rotatable bonds is 10. The number of hydrogen-bond donors (Lipinski definition) is 0. The summed E-state index contributed by atoms with van der Waals surface area (Å²) in [6, 6.07) is 0. The number of carbonyl (C=O) groups excluding carboxylic acids is 1. The molecule has 1 rings (SSSR count).